The van der Waals surface area contributed by atoms with Gasteiger partial charge in [0.15, 0.2) is 0 Å². The Morgan fingerprint density at radius 2 is 1.62 bits per heavy atom. The van der Waals surface area contributed by atoms with Crippen LogP contribution in [0.5, 0.6) is 0 Å². The van der Waals surface area contributed by atoms with Crippen LogP contribution in [-0.4, -0.2) is 25.8 Å². The fourth-order valence-corrected chi connectivity index (χ4v) is 4.67. The number of benzene rings is 1. The molecule has 0 bridgehead atoms. The summed E-state index contributed by atoms with van der Waals surface area (Å²) >= 11 is 0. The van der Waals surface area contributed by atoms with Crippen molar-refractivity contribution in [2.45, 2.75) is 43.7 Å². The van der Waals surface area contributed by atoms with Crippen LogP contribution >= 0.6 is 0 Å². The Morgan fingerprint density at radius 3 is 2.24 bits per heavy atom. The van der Waals surface area contributed by atoms with Gasteiger partial charge in [0.1, 0.15) is 0 Å². The normalized spacial score (nSPS) is 21.8. The van der Waals surface area contributed by atoms with E-state index in [2.05, 4.69) is 5.32 Å². The number of nitrogens with one attached hydrogen (secondary N) is 1. The maximum Gasteiger partial charge on any atom is 0.243 e. The first kappa shape index (κ1) is 13.7. The van der Waals surface area contributed by atoms with E-state index in [0.717, 1.165) is 18.7 Å². The molecule has 1 heterocycles. The van der Waals surface area contributed by atoms with E-state index in [1.54, 1.807) is 10.4 Å². The van der Waals surface area contributed by atoms with Crippen LogP contribution in [0.4, 0.5) is 0 Å². The maximum atomic E-state index is 13.0. The Morgan fingerprint density at radius 1 is 1.00 bits per heavy atom. The van der Waals surface area contributed by atoms with Gasteiger partial charge in [-0.25, -0.2) is 8.42 Å². The van der Waals surface area contributed by atoms with Crippen molar-refractivity contribution in [1.82, 2.24) is 9.62 Å². The van der Waals surface area contributed by atoms with Crippen molar-refractivity contribution in [2.75, 3.05) is 13.1 Å². The zero-order chi connectivity index (χ0) is 14.4. The van der Waals surface area contributed by atoms with E-state index in [0.29, 0.717) is 29.8 Å². The number of hydrogen-bond acceptors (Lipinski definition) is 3. The van der Waals surface area contributed by atoms with E-state index in [-0.39, 0.29) is 0 Å². The molecular formula is C16H22N2O2S. The molecule has 0 amide bonds. The molecule has 0 saturated heterocycles. The number of nitrogens with zero attached hydrogens (tertiary/aromatic N) is 1. The van der Waals surface area contributed by atoms with Crippen LogP contribution in [0.1, 0.15) is 36.8 Å². The van der Waals surface area contributed by atoms with Gasteiger partial charge in [-0.2, -0.15) is 4.31 Å². The van der Waals surface area contributed by atoms with Crippen LogP contribution in [0, 0.1) is 11.8 Å². The summed E-state index contributed by atoms with van der Waals surface area (Å²) < 4.78 is 27.7. The molecule has 5 heteroatoms. The highest BCUT2D eigenvalue weighted by Crippen LogP contribution is 2.36. The summed E-state index contributed by atoms with van der Waals surface area (Å²) in [4.78, 5) is 0.478. The summed E-state index contributed by atoms with van der Waals surface area (Å²) in [6.07, 6.45) is 4.74. The van der Waals surface area contributed by atoms with Crippen molar-refractivity contribution in [3.63, 3.8) is 0 Å². The van der Waals surface area contributed by atoms with Gasteiger partial charge in [-0.05, 0) is 60.8 Å². The third kappa shape index (κ3) is 2.87. The predicted molar refractivity (Wildman–Crippen MR) is 81.2 cm³/mol. The zero-order valence-electron chi connectivity index (χ0n) is 12.2. The summed E-state index contributed by atoms with van der Waals surface area (Å²) in [7, 11) is -3.33. The largest absolute Gasteiger partial charge is 0.309 e. The van der Waals surface area contributed by atoms with Crippen molar-refractivity contribution in [3.8, 4) is 0 Å². The summed E-state index contributed by atoms with van der Waals surface area (Å²) in [5.74, 6) is 1.18. The molecule has 2 fully saturated rings. The molecule has 1 aromatic carbocycles. The lowest BCUT2D eigenvalue weighted by atomic mass is 10.1. The summed E-state index contributed by atoms with van der Waals surface area (Å²) in [6, 6.07) is 5.63. The highest BCUT2D eigenvalue weighted by atomic mass is 32.2. The second kappa shape index (κ2) is 5.07. The Balaban J connectivity index is 1.62. The zero-order valence-corrected chi connectivity index (χ0v) is 13.0. The average molecular weight is 306 g/mol. The van der Waals surface area contributed by atoms with Crippen LogP contribution in [-0.2, 0) is 23.1 Å². The highest BCUT2D eigenvalue weighted by molar-refractivity contribution is 7.89. The first-order valence-electron chi connectivity index (χ1n) is 7.95. The van der Waals surface area contributed by atoms with Crippen LogP contribution in [0.25, 0.3) is 0 Å². The minimum Gasteiger partial charge on any atom is -0.309 e. The lowest BCUT2D eigenvalue weighted by molar-refractivity contribution is 0.382. The minimum absolute atomic E-state index is 0.478. The molecule has 1 N–H and O–H groups in total. The quantitative estimate of drug-likeness (QED) is 0.875. The molecule has 1 aromatic rings. The lowest BCUT2D eigenvalue weighted by Gasteiger charge is -2.22. The van der Waals surface area contributed by atoms with E-state index in [1.165, 1.54) is 31.2 Å². The lowest BCUT2D eigenvalue weighted by Crippen LogP contribution is -2.34. The van der Waals surface area contributed by atoms with Crippen LogP contribution < -0.4 is 5.32 Å². The van der Waals surface area contributed by atoms with E-state index in [4.69, 9.17) is 0 Å². The molecule has 2 saturated carbocycles. The smallest absolute Gasteiger partial charge is 0.243 e. The third-order valence-corrected chi connectivity index (χ3v) is 6.59. The summed E-state index contributed by atoms with van der Waals surface area (Å²) in [5, 5.41) is 3.27. The molecule has 21 heavy (non-hydrogen) atoms. The van der Waals surface area contributed by atoms with Gasteiger partial charge in [0.2, 0.25) is 10.0 Å². The van der Waals surface area contributed by atoms with Gasteiger partial charge in [-0.1, -0.05) is 6.07 Å². The van der Waals surface area contributed by atoms with Gasteiger partial charge in [-0.15, -0.1) is 0 Å². The number of hydrogen-bond donors (Lipinski definition) is 1. The van der Waals surface area contributed by atoms with E-state index in [1.807, 2.05) is 12.1 Å². The van der Waals surface area contributed by atoms with E-state index >= 15 is 0 Å². The van der Waals surface area contributed by atoms with Gasteiger partial charge in [0.05, 0.1) is 4.90 Å². The summed E-state index contributed by atoms with van der Waals surface area (Å²) in [6.45, 7) is 3.07. The second-order valence-electron chi connectivity index (χ2n) is 6.74. The van der Waals surface area contributed by atoms with Crippen molar-refractivity contribution in [3.05, 3.63) is 29.3 Å². The van der Waals surface area contributed by atoms with Gasteiger partial charge in [-0.3, -0.25) is 0 Å². The first-order valence-corrected chi connectivity index (χ1v) is 9.39. The van der Waals surface area contributed by atoms with E-state index < -0.39 is 10.0 Å². The topological polar surface area (TPSA) is 49.4 Å². The Kier molecular flexibility index (Phi) is 3.32. The molecule has 3 aliphatic rings. The molecule has 114 valence electrons. The van der Waals surface area contributed by atoms with Gasteiger partial charge in [0, 0.05) is 26.2 Å². The fourth-order valence-electron chi connectivity index (χ4n) is 3.03. The molecule has 0 radical (unpaired) electrons. The van der Waals surface area contributed by atoms with Crippen molar-refractivity contribution < 1.29 is 8.42 Å². The Bertz CT molecular complexity index is 634. The van der Waals surface area contributed by atoms with Crippen molar-refractivity contribution in [1.29, 1.82) is 0 Å². The molecule has 0 unspecified atom stereocenters. The minimum atomic E-state index is -3.33. The fraction of sp³-hybridized carbons (Fsp3) is 0.625. The standard InChI is InChI=1S/C16H22N2O2S/c19-21(20,16-6-5-14-8-17-9-15(14)7-16)18(10-12-1-2-12)11-13-3-4-13/h5-7,12-13,17H,1-4,8-11H2. The van der Waals surface area contributed by atoms with E-state index in [9.17, 15) is 8.42 Å². The third-order valence-electron chi connectivity index (χ3n) is 4.76. The van der Waals surface area contributed by atoms with Crippen LogP contribution in [0.15, 0.2) is 23.1 Å². The molecule has 1 aliphatic heterocycles. The molecular weight excluding hydrogens is 284 g/mol. The average Bonchev–Trinajstić information content (AvgIpc) is 3.38. The van der Waals surface area contributed by atoms with Gasteiger partial charge >= 0.3 is 0 Å². The summed E-state index contributed by atoms with van der Waals surface area (Å²) in [5.41, 5.74) is 2.36. The number of sulfonamides is 1. The monoisotopic (exact) mass is 306 g/mol. The molecule has 0 atom stereocenters. The van der Waals surface area contributed by atoms with Gasteiger partial charge in [0.25, 0.3) is 0 Å². The number of rotatable bonds is 6. The molecule has 4 nitrogen and oxygen atoms in total. The van der Waals surface area contributed by atoms with Crippen LogP contribution in [0.2, 0.25) is 0 Å². The SMILES string of the molecule is O=S(=O)(c1ccc2c(c1)CNC2)N(CC1CC1)CC1CC1. The highest BCUT2D eigenvalue weighted by Gasteiger charge is 2.35. The molecule has 2 aliphatic carbocycles. The van der Waals surface area contributed by atoms with Gasteiger partial charge < -0.3 is 5.32 Å². The number of fused-ring (bicyclic) bond motifs is 1. The predicted octanol–water partition coefficient (Wildman–Crippen LogP) is 2.10. The van der Waals surface area contributed by atoms with Crippen molar-refractivity contribution >= 4 is 10.0 Å². The molecule has 4 rings (SSSR count). The maximum absolute atomic E-state index is 13.0. The van der Waals surface area contributed by atoms with Crippen LogP contribution in [0.3, 0.4) is 0 Å². The molecule has 0 aromatic heterocycles. The van der Waals surface area contributed by atoms with Crippen molar-refractivity contribution in [2.24, 2.45) is 11.8 Å². The second-order valence-corrected chi connectivity index (χ2v) is 8.68. The Hall–Kier alpha value is -0.910. The Labute approximate surface area is 126 Å². The first-order chi connectivity index (χ1) is 10.1. The molecule has 0 spiro atoms.